The van der Waals surface area contributed by atoms with E-state index in [2.05, 4.69) is 10.3 Å². The lowest BCUT2D eigenvalue weighted by molar-refractivity contribution is -0.140. The van der Waals surface area contributed by atoms with Gasteiger partial charge in [-0.3, -0.25) is 9.78 Å². The van der Waals surface area contributed by atoms with E-state index >= 15 is 0 Å². The highest BCUT2D eigenvalue weighted by Gasteiger charge is 2.09. The molecule has 82 valence electrons. The fourth-order valence-electron chi connectivity index (χ4n) is 1.20. The summed E-state index contributed by atoms with van der Waals surface area (Å²) in [4.78, 5) is 14.8. The Labute approximate surface area is 89.3 Å². The Kier molecular flexibility index (Phi) is 4.24. The number of hydrogen-bond donors (Lipinski definition) is 2. The Morgan fingerprint density at radius 3 is 2.93 bits per heavy atom. The van der Waals surface area contributed by atoms with Gasteiger partial charge in [0.05, 0.1) is 11.6 Å². The number of carbonyl (C=O) groups is 1. The second kappa shape index (κ2) is 5.46. The van der Waals surface area contributed by atoms with E-state index in [0.717, 1.165) is 11.4 Å². The molecule has 0 saturated carbocycles. The Hall–Kier alpha value is -1.42. The second-order valence-corrected chi connectivity index (χ2v) is 3.64. The molecule has 0 aliphatic carbocycles. The summed E-state index contributed by atoms with van der Waals surface area (Å²) in [5, 5.41) is 11.7. The normalized spacial score (nSPS) is 12.4. The van der Waals surface area contributed by atoms with Crippen LogP contribution in [0.5, 0.6) is 0 Å². The van der Waals surface area contributed by atoms with Gasteiger partial charge in [0.25, 0.3) is 0 Å². The molecule has 0 amide bonds. The van der Waals surface area contributed by atoms with Gasteiger partial charge >= 0.3 is 5.97 Å². The number of carboxylic acid groups (broad SMARTS) is 1. The fraction of sp³-hybridized carbons (Fsp3) is 0.455. The number of nitrogens with zero attached hydrogens (tertiary/aromatic N) is 1. The number of aromatic nitrogens is 1. The zero-order chi connectivity index (χ0) is 11.3. The molecule has 4 nitrogen and oxygen atoms in total. The van der Waals surface area contributed by atoms with E-state index in [9.17, 15) is 4.79 Å². The van der Waals surface area contributed by atoms with Crippen LogP contribution in [0.1, 0.15) is 18.3 Å². The summed E-state index contributed by atoms with van der Waals surface area (Å²) in [6.45, 7) is 4.69. The zero-order valence-corrected chi connectivity index (χ0v) is 9.03. The SMILES string of the molecule is Cc1cccc(CNCC(C)C(=O)O)n1. The molecule has 1 aromatic rings. The van der Waals surface area contributed by atoms with E-state index in [4.69, 9.17) is 5.11 Å². The standard InChI is InChI=1S/C11H16N2O2/c1-8(11(14)15)6-12-7-10-5-3-4-9(2)13-10/h3-5,8,12H,6-7H2,1-2H3,(H,14,15). The number of carboxylic acids is 1. The Morgan fingerprint density at radius 2 is 2.33 bits per heavy atom. The molecule has 1 rings (SSSR count). The average Bonchev–Trinajstić information content (AvgIpc) is 2.17. The number of rotatable bonds is 5. The first-order valence-corrected chi connectivity index (χ1v) is 4.95. The summed E-state index contributed by atoms with van der Waals surface area (Å²) >= 11 is 0. The van der Waals surface area contributed by atoms with Crippen LogP contribution < -0.4 is 5.32 Å². The van der Waals surface area contributed by atoms with Gasteiger partial charge in [-0.2, -0.15) is 0 Å². The molecule has 1 aromatic heterocycles. The molecule has 0 saturated heterocycles. The van der Waals surface area contributed by atoms with Gasteiger partial charge in [0, 0.05) is 18.8 Å². The topological polar surface area (TPSA) is 62.2 Å². The van der Waals surface area contributed by atoms with Gasteiger partial charge in [0.15, 0.2) is 0 Å². The molecule has 2 N–H and O–H groups in total. The molecule has 0 aromatic carbocycles. The van der Waals surface area contributed by atoms with Crippen molar-refractivity contribution in [1.29, 1.82) is 0 Å². The van der Waals surface area contributed by atoms with E-state index in [1.54, 1.807) is 6.92 Å². The third kappa shape index (κ3) is 4.08. The highest BCUT2D eigenvalue weighted by molar-refractivity contribution is 5.69. The lowest BCUT2D eigenvalue weighted by atomic mass is 10.2. The van der Waals surface area contributed by atoms with Crippen molar-refractivity contribution >= 4 is 5.97 Å². The van der Waals surface area contributed by atoms with E-state index in [1.165, 1.54) is 0 Å². The number of hydrogen-bond acceptors (Lipinski definition) is 3. The first kappa shape index (κ1) is 11.7. The average molecular weight is 208 g/mol. The quantitative estimate of drug-likeness (QED) is 0.763. The molecule has 0 bridgehead atoms. The first-order chi connectivity index (χ1) is 7.09. The van der Waals surface area contributed by atoms with Crippen LogP contribution in [0.15, 0.2) is 18.2 Å². The maximum Gasteiger partial charge on any atom is 0.307 e. The van der Waals surface area contributed by atoms with Crippen molar-refractivity contribution in [3.05, 3.63) is 29.6 Å². The van der Waals surface area contributed by atoms with Crippen molar-refractivity contribution < 1.29 is 9.90 Å². The van der Waals surface area contributed by atoms with E-state index in [0.29, 0.717) is 13.1 Å². The molecular formula is C11H16N2O2. The Morgan fingerprint density at radius 1 is 1.60 bits per heavy atom. The molecular weight excluding hydrogens is 192 g/mol. The first-order valence-electron chi connectivity index (χ1n) is 4.95. The van der Waals surface area contributed by atoms with Gasteiger partial charge in [-0.25, -0.2) is 0 Å². The number of pyridine rings is 1. The van der Waals surface area contributed by atoms with Crippen LogP contribution in [-0.2, 0) is 11.3 Å². The largest absolute Gasteiger partial charge is 0.481 e. The summed E-state index contributed by atoms with van der Waals surface area (Å²) in [5.74, 6) is -1.14. The number of aryl methyl sites for hydroxylation is 1. The highest BCUT2D eigenvalue weighted by Crippen LogP contribution is 1.98. The number of aliphatic carboxylic acids is 1. The molecule has 0 radical (unpaired) electrons. The molecule has 15 heavy (non-hydrogen) atoms. The third-order valence-corrected chi connectivity index (χ3v) is 2.12. The summed E-state index contributed by atoms with van der Waals surface area (Å²) in [7, 11) is 0. The van der Waals surface area contributed by atoms with E-state index in [1.807, 2.05) is 25.1 Å². The van der Waals surface area contributed by atoms with Crippen molar-refractivity contribution in [3.8, 4) is 0 Å². The van der Waals surface area contributed by atoms with Crippen LogP contribution in [0.25, 0.3) is 0 Å². The molecule has 1 heterocycles. The van der Waals surface area contributed by atoms with Gasteiger partial charge < -0.3 is 10.4 Å². The van der Waals surface area contributed by atoms with Crippen LogP contribution in [-0.4, -0.2) is 22.6 Å². The van der Waals surface area contributed by atoms with Crippen molar-refractivity contribution in [2.45, 2.75) is 20.4 Å². The molecule has 0 fully saturated rings. The summed E-state index contributed by atoms with van der Waals surface area (Å²) in [6.07, 6.45) is 0. The molecule has 1 atom stereocenters. The van der Waals surface area contributed by atoms with Gasteiger partial charge in [-0.15, -0.1) is 0 Å². The van der Waals surface area contributed by atoms with Crippen LogP contribution in [0.3, 0.4) is 0 Å². The van der Waals surface area contributed by atoms with E-state index in [-0.39, 0.29) is 5.92 Å². The van der Waals surface area contributed by atoms with Crippen LogP contribution in [0.2, 0.25) is 0 Å². The zero-order valence-electron chi connectivity index (χ0n) is 9.03. The lowest BCUT2D eigenvalue weighted by Crippen LogP contribution is -2.26. The predicted molar refractivity (Wildman–Crippen MR) is 57.5 cm³/mol. The fourth-order valence-corrected chi connectivity index (χ4v) is 1.20. The van der Waals surface area contributed by atoms with E-state index < -0.39 is 5.97 Å². The molecule has 4 heteroatoms. The highest BCUT2D eigenvalue weighted by atomic mass is 16.4. The second-order valence-electron chi connectivity index (χ2n) is 3.64. The van der Waals surface area contributed by atoms with Crippen molar-refractivity contribution in [2.75, 3.05) is 6.54 Å². The van der Waals surface area contributed by atoms with Gasteiger partial charge in [-0.1, -0.05) is 13.0 Å². The molecule has 0 spiro atoms. The van der Waals surface area contributed by atoms with Crippen LogP contribution in [0, 0.1) is 12.8 Å². The molecule has 1 unspecified atom stereocenters. The third-order valence-electron chi connectivity index (χ3n) is 2.12. The van der Waals surface area contributed by atoms with Crippen molar-refractivity contribution in [2.24, 2.45) is 5.92 Å². The van der Waals surface area contributed by atoms with Gasteiger partial charge in [-0.05, 0) is 19.1 Å². The monoisotopic (exact) mass is 208 g/mol. The van der Waals surface area contributed by atoms with Crippen molar-refractivity contribution in [1.82, 2.24) is 10.3 Å². The summed E-state index contributed by atoms with van der Waals surface area (Å²) in [5.41, 5.74) is 1.91. The molecule has 0 aliphatic heterocycles. The van der Waals surface area contributed by atoms with Crippen molar-refractivity contribution in [3.63, 3.8) is 0 Å². The van der Waals surface area contributed by atoms with Crippen LogP contribution >= 0.6 is 0 Å². The van der Waals surface area contributed by atoms with Crippen LogP contribution in [0.4, 0.5) is 0 Å². The Bertz CT molecular complexity index is 339. The number of nitrogens with one attached hydrogen (secondary N) is 1. The minimum atomic E-state index is -0.778. The summed E-state index contributed by atoms with van der Waals surface area (Å²) in [6, 6.07) is 5.80. The lowest BCUT2D eigenvalue weighted by Gasteiger charge is -2.07. The summed E-state index contributed by atoms with van der Waals surface area (Å²) < 4.78 is 0. The Balaban J connectivity index is 2.35. The predicted octanol–water partition coefficient (Wildman–Crippen LogP) is 1.20. The minimum Gasteiger partial charge on any atom is -0.481 e. The molecule has 0 aliphatic rings. The maximum atomic E-state index is 10.5. The van der Waals surface area contributed by atoms with Gasteiger partial charge in [0.1, 0.15) is 0 Å². The minimum absolute atomic E-state index is 0.366. The van der Waals surface area contributed by atoms with Gasteiger partial charge in [0.2, 0.25) is 0 Å². The smallest absolute Gasteiger partial charge is 0.307 e. The maximum absolute atomic E-state index is 10.5.